The number of aromatic nitrogens is 4. The van der Waals surface area contributed by atoms with Crippen LogP contribution in [0.4, 0.5) is 0 Å². The van der Waals surface area contributed by atoms with Crippen LogP contribution in [0.15, 0.2) is 107 Å². The molecule has 0 aliphatic rings. The summed E-state index contributed by atoms with van der Waals surface area (Å²) < 4.78 is 6.50. The standard InChI is InChI=1S/C14H12N2.C11H10N2.C6H6O3.Ru/c1-9-10(2)12-6-4-8-16-14(12)13-11(9)5-3-7-15-13;1-13-9-5-3-7-11(13)10-6-2-4-8-12-10;1-4-6(8)5(7)2-3-9-4;/h3-8H,1-2H3;2-9H,1H2;2-3,8H,1H3;/q;;;+1. The van der Waals surface area contributed by atoms with Crippen LogP contribution in [-0.4, -0.2) is 20.1 Å². The van der Waals surface area contributed by atoms with Gasteiger partial charge in [-0.1, -0.05) is 30.3 Å². The second-order valence-corrected chi connectivity index (χ2v) is 8.51. The summed E-state index contributed by atoms with van der Waals surface area (Å²) >= 11 is 0. The maximum Gasteiger partial charge on any atom is 1.00 e. The molecule has 1 N–H and O–H groups in total. The minimum absolute atomic E-state index is 0. The van der Waals surface area contributed by atoms with Gasteiger partial charge in [0.1, 0.15) is 11.5 Å². The third-order valence-electron chi connectivity index (χ3n) is 6.11. The first-order valence-electron chi connectivity index (χ1n) is 12.0. The zero-order chi connectivity index (χ0) is 27.1. The van der Waals surface area contributed by atoms with Crippen molar-refractivity contribution in [1.29, 1.82) is 0 Å². The summed E-state index contributed by atoms with van der Waals surface area (Å²) in [5, 5.41) is 11.2. The Balaban J connectivity index is 0.000000166. The number of hydrogen-bond acceptors (Lipinski definition) is 6. The van der Waals surface area contributed by atoms with Crippen LogP contribution >= 0.6 is 0 Å². The van der Waals surface area contributed by atoms with Crippen LogP contribution in [0.25, 0.3) is 33.2 Å². The second kappa shape index (κ2) is 13.4. The fourth-order valence-corrected chi connectivity index (χ4v) is 3.93. The number of aromatic hydroxyl groups is 1. The van der Waals surface area contributed by atoms with Gasteiger partial charge >= 0.3 is 19.5 Å². The minimum atomic E-state index is -0.404. The fourth-order valence-electron chi connectivity index (χ4n) is 3.93. The molecule has 1 radical (unpaired) electrons. The van der Waals surface area contributed by atoms with Crippen molar-refractivity contribution in [2.45, 2.75) is 20.8 Å². The Bertz CT molecular complexity index is 1690. The molecular weight excluding hydrogens is 577 g/mol. The number of fused-ring (bicyclic) bond motifs is 3. The molecule has 0 bridgehead atoms. The summed E-state index contributed by atoms with van der Waals surface area (Å²) in [5.74, 6) is -0.0556. The Labute approximate surface area is 239 Å². The van der Waals surface area contributed by atoms with Crippen molar-refractivity contribution in [3.8, 4) is 17.1 Å². The van der Waals surface area contributed by atoms with Gasteiger partial charge in [-0.15, -0.1) is 0 Å². The van der Waals surface area contributed by atoms with Gasteiger partial charge in [-0.25, -0.2) is 0 Å². The predicted molar refractivity (Wildman–Crippen MR) is 149 cm³/mol. The Morgan fingerprint density at radius 1 is 0.769 bits per heavy atom. The van der Waals surface area contributed by atoms with E-state index in [1.807, 2.05) is 71.7 Å². The summed E-state index contributed by atoms with van der Waals surface area (Å²) in [7, 11) is 3.87. The molecule has 1 aromatic carbocycles. The smallest absolute Gasteiger partial charge is 0.502 e. The predicted octanol–water partition coefficient (Wildman–Crippen LogP) is 5.73. The summed E-state index contributed by atoms with van der Waals surface area (Å²) in [6.07, 6.45) is 8.58. The minimum Gasteiger partial charge on any atom is -0.502 e. The van der Waals surface area contributed by atoms with Gasteiger partial charge < -0.3 is 14.1 Å². The molecule has 7 nitrogen and oxygen atoms in total. The first kappa shape index (κ1) is 29.1. The van der Waals surface area contributed by atoms with Gasteiger partial charge in [0, 0.05) is 42.5 Å². The molecule has 0 spiro atoms. The first-order valence-corrected chi connectivity index (χ1v) is 12.0. The largest absolute Gasteiger partial charge is 1.00 e. The van der Waals surface area contributed by atoms with E-state index in [4.69, 9.17) is 5.11 Å². The summed E-state index contributed by atoms with van der Waals surface area (Å²) in [4.78, 5) is 23.7. The van der Waals surface area contributed by atoms with Crippen molar-refractivity contribution in [2.24, 2.45) is 0 Å². The van der Waals surface area contributed by atoms with E-state index in [-0.39, 0.29) is 31.0 Å². The van der Waals surface area contributed by atoms with Crippen LogP contribution in [0.5, 0.6) is 5.75 Å². The van der Waals surface area contributed by atoms with Crippen molar-refractivity contribution < 1.29 is 33.6 Å². The Morgan fingerprint density at radius 2 is 1.36 bits per heavy atom. The monoisotopic (exact) mass is 606 g/mol. The van der Waals surface area contributed by atoms with Gasteiger partial charge in [0.15, 0.2) is 0 Å². The zero-order valence-electron chi connectivity index (χ0n) is 21.9. The van der Waals surface area contributed by atoms with E-state index in [0.29, 0.717) is 0 Å². The van der Waals surface area contributed by atoms with Gasteiger partial charge in [0.2, 0.25) is 11.2 Å². The van der Waals surface area contributed by atoms with Crippen molar-refractivity contribution in [2.75, 3.05) is 0 Å². The van der Waals surface area contributed by atoms with E-state index >= 15 is 0 Å². The number of pyridine rings is 4. The van der Waals surface area contributed by atoms with Crippen molar-refractivity contribution in [1.82, 2.24) is 15.0 Å². The average Bonchev–Trinajstić information content (AvgIpc) is 2.96. The molecule has 0 aliphatic carbocycles. The third-order valence-corrected chi connectivity index (χ3v) is 6.11. The summed E-state index contributed by atoms with van der Waals surface area (Å²) in [6.45, 7) is 5.81. The number of rotatable bonds is 1. The molecule has 6 rings (SSSR count). The number of nitrogens with zero attached hydrogens (tertiary/aromatic N) is 4. The van der Waals surface area contributed by atoms with E-state index in [1.54, 1.807) is 6.20 Å². The molecule has 8 heteroatoms. The summed E-state index contributed by atoms with van der Waals surface area (Å²) in [6, 6.07) is 21.1. The molecule has 39 heavy (non-hydrogen) atoms. The molecule has 0 saturated heterocycles. The molecule has 0 atom stereocenters. The Hall–Kier alpha value is -4.42. The third kappa shape index (κ3) is 6.72. The molecule has 6 aromatic rings. The van der Waals surface area contributed by atoms with Gasteiger partial charge in [0.25, 0.3) is 0 Å². The summed E-state index contributed by atoms with van der Waals surface area (Å²) in [5.41, 5.74) is 6.15. The average molecular weight is 606 g/mol. The first-order chi connectivity index (χ1) is 18.4. The van der Waals surface area contributed by atoms with Crippen molar-refractivity contribution in [3.63, 3.8) is 0 Å². The number of hydrogen-bond donors (Lipinski definition) is 1. The van der Waals surface area contributed by atoms with Gasteiger partial charge in [-0.2, -0.15) is 0 Å². The number of benzene rings is 1. The Kier molecular flexibility index (Phi) is 10.0. The van der Waals surface area contributed by atoms with E-state index in [2.05, 4.69) is 52.4 Å². The van der Waals surface area contributed by atoms with E-state index in [1.165, 1.54) is 41.2 Å². The van der Waals surface area contributed by atoms with Crippen LogP contribution in [-0.2, 0) is 19.5 Å². The van der Waals surface area contributed by atoms with Crippen LogP contribution in [0.1, 0.15) is 16.9 Å². The molecule has 5 heterocycles. The van der Waals surface area contributed by atoms with Crippen molar-refractivity contribution in [3.05, 3.63) is 132 Å². The van der Waals surface area contributed by atoms with Gasteiger partial charge in [0.05, 0.1) is 29.2 Å². The normalized spacial score (nSPS) is 10.0. The molecule has 0 saturated carbocycles. The van der Waals surface area contributed by atoms with Crippen LogP contribution < -0.4 is 10.00 Å². The zero-order valence-corrected chi connectivity index (χ0v) is 23.6. The molecule has 0 unspecified atom stereocenters. The van der Waals surface area contributed by atoms with Crippen LogP contribution in [0.2, 0.25) is 0 Å². The second-order valence-electron chi connectivity index (χ2n) is 8.51. The van der Waals surface area contributed by atoms with E-state index in [0.717, 1.165) is 22.4 Å². The van der Waals surface area contributed by atoms with Crippen molar-refractivity contribution >= 4 is 21.8 Å². The SMILES string of the molecule is Cc1c(C)c2cccnc2c2ncccc12.Cc1occc(=O)c1O.[CH2-][n+]1ccccc1-c1ccccn1.[Ru+]. The fraction of sp³-hybridized carbons (Fsp3) is 0.0968. The van der Waals surface area contributed by atoms with Crippen LogP contribution in [0, 0.1) is 27.8 Å². The van der Waals surface area contributed by atoms with E-state index < -0.39 is 5.43 Å². The van der Waals surface area contributed by atoms with E-state index in [9.17, 15) is 4.79 Å². The molecule has 197 valence electrons. The molecule has 0 aliphatic heterocycles. The number of aryl methyl sites for hydroxylation is 3. The Morgan fingerprint density at radius 3 is 1.87 bits per heavy atom. The topological polar surface area (TPSA) is 93.0 Å². The molecule has 0 amide bonds. The quantitative estimate of drug-likeness (QED) is 0.111. The maximum absolute atomic E-state index is 10.5. The van der Waals surface area contributed by atoms with Crippen LogP contribution in [0.3, 0.4) is 0 Å². The maximum atomic E-state index is 10.5. The molecular formula is C31H28N4O3Ru+. The van der Waals surface area contributed by atoms with Gasteiger partial charge in [-0.05, 0) is 62.2 Å². The molecule has 5 aromatic heterocycles. The van der Waals surface area contributed by atoms with Gasteiger partial charge in [-0.3, -0.25) is 19.7 Å². The molecule has 0 fully saturated rings.